The van der Waals surface area contributed by atoms with Crippen LogP contribution in [0.2, 0.25) is 0 Å². The fourth-order valence-corrected chi connectivity index (χ4v) is 1.95. The highest BCUT2D eigenvalue weighted by Crippen LogP contribution is 2.17. The average molecular weight is 324 g/mol. The Bertz CT molecular complexity index is 619. The monoisotopic (exact) mass is 323 g/mol. The number of amides is 2. The van der Waals surface area contributed by atoms with E-state index in [1.54, 1.807) is 12.3 Å². The van der Waals surface area contributed by atoms with E-state index in [4.69, 9.17) is 0 Å². The maximum atomic E-state index is 13.0. The number of hydrogen-bond donors (Lipinski definition) is 2. The molecule has 0 bridgehead atoms. The van der Waals surface area contributed by atoms with Crippen LogP contribution in [-0.2, 0) is 0 Å². The molecule has 98 valence electrons. The Morgan fingerprint density at radius 1 is 1.32 bits per heavy atom. The molecule has 2 aromatic rings. The van der Waals surface area contributed by atoms with Gasteiger partial charge in [0, 0.05) is 16.4 Å². The molecule has 19 heavy (non-hydrogen) atoms. The van der Waals surface area contributed by atoms with Crippen LogP contribution in [0.5, 0.6) is 0 Å². The molecule has 1 aromatic carbocycles. The van der Waals surface area contributed by atoms with Crippen LogP contribution < -0.4 is 10.6 Å². The van der Waals surface area contributed by atoms with Crippen molar-refractivity contribution in [1.82, 2.24) is 4.98 Å². The number of aryl methyl sites for hydroxylation is 1. The van der Waals surface area contributed by atoms with Crippen molar-refractivity contribution in [3.8, 4) is 0 Å². The minimum atomic E-state index is -0.469. The van der Waals surface area contributed by atoms with Gasteiger partial charge in [0.2, 0.25) is 0 Å². The molecule has 2 rings (SSSR count). The van der Waals surface area contributed by atoms with Gasteiger partial charge in [-0.05, 0) is 52.7 Å². The Balaban J connectivity index is 2.05. The van der Waals surface area contributed by atoms with Gasteiger partial charge in [-0.2, -0.15) is 0 Å². The summed E-state index contributed by atoms with van der Waals surface area (Å²) in [6, 6.07) is 7.04. The summed E-state index contributed by atoms with van der Waals surface area (Å²) in [6.07, 6.45) is 1.59. The summed E-state index contributed by atoms with van der Waals surface area (Å²) in [4.78, 5) is 15.8. The zero-order chi connectivity index (χ0) is 13.8. The number of halogens is 2. The number of benzene rings is 1. The van der Waals surface area contributed by atoms with Crippen LogP contribution >= 0.6 is 15.9 Å². The molecule has 0 saturated carbocycles. The average Bonchev–Trinajstić information content (AvgIpc) is 2.33. The Morgan fingerprint density at radius 3 is 2.79 bits per heavy atom. The fourth-order valence-electron chi connectivity index (χ4n) is 1.51. The third-order valence-electron chi connectivity index (χ3n) is 2.36. The van der Waals surface area contributed by atoms with Crippen molar-refractivity contribution in [3.05, 3.63) is 52.4 Å². The SMILES string of the molecule is Cc1cc(Br)cnc1NC(=O)Nc1cccc(F)c1. The molecule has 0 aliphatic rings. The van der Waals surface area contributed by atoms with Crippen LogP contribution in [0.4, 0.5) is 20.7 Å². The molecule has 0 unspecified atom stereocenters. The second kappa shape index (κ2) is 5.79. The molecule has 2 amide bonds. The number of anilines is 2. The molecule has 0 atom stereocenters. The van der Waals surface area contributed by atoms with Crippen molar-refractivity contribution in [1.29, 1.82) is 0 Å². The number of nitrogens with one attached hydrogen (secondary N) is 2. The van der Waals surface area contributed by atoms with E-state index in [9.17, 15) is 9.18 Å². The van der Waals surface area contributed by atoms with Gasteiger partial charge in [0.1, 0.15) is 11.6 Å². The van der Waals surface area contributed by atoms with Crippen molar-refractivity contribution in [2.45, 2.75) is 6.92 Å². The van der Waals surface area contributed by atoms with E-state index in [0.717, 1.165) is 10.0 Å². The zero-order valence-electron chi connectivity index (χ0n) is 10.1. The minimum Gasteiger partial charge on any atom is -0.308 e. The van der Waals surface area contributed by atoms with Crippen molar-refractivity contribution >= 4 is 33.5 Å². The van der Waals surface area contributed by atoms with E-state index in [1.165, 1.54) is 18.2 Å². The number of carbonyl (C=O) groups excluding carboxylic acids is 1. The van der Waals surface area contributed by atoms with Gasteiger partial charge >= 0.3 is 6.03 Å². The molecule has 6 heteroatoms. The third-order valence-corrected chi connectivity index (χ3v) is 2.79. The summed E-state index contributed by atoms with van der Waals surface area (Å²) in [6.45, 7) is 1.83. The lowest BCUT2D eigenvalue weighted by Gasteiger charge is -2.09. The quantitative estimate of drug-likeness (QED) is 0.879. The molecule has 0 fully saturated rings. The van der Waals surface area contributed by atoms with E-state index in [0.29, 0.717) is 11.5 Å². The van der Waals surface area contributed by atoms with Gasteiger partial charge in [-0.15, -0.1) is 0 Å². The summed E-state index contributed by atoms with van der Waals surface area (Å²) >= 11 is 3.29. The number of carbonyl (C=O) groups is 1. The van der Waals surface area contributed by atoms with Crippen LogP contribution in [0.15, 0.2) is 41.0 Å². The molecule has 0 aliphatic heterocycles. The van der Waals surface area contributed by atoms with Crippen LogP contribution in [0, 0.1) is 12.7 Å². The van der Waals surface area contributed by atoms with Crippen LogP contribution in [0.25, 0.3) is 0 Å². The highest BCUT2D eigenvalue weighted by molar-refractivity contribution is 9.10. The molecule has 1 heterocycles. The van der Waals surface area contributed by atoms with E-state index in [2.05, 4.69) is 31.5 Å². The number of pyridine rings is 1. The zero-order valence-corrected chi connectivity index (χ0v) is 11.7. The second-order valence-electron chi connectivity index (χ2n) is 3.91. The summed E-state index contributed by atoms with van der Waals surface area (Å²) in [5.74, 6) is 0.0489. The van der Waals surface area contributed by atoms with E-state index in [-0.39, 0.29) is 0 Å². The third kappa shape index (κ3) is 3.75. The number of hydrogen-bond acceptors (Lipinski definition) is 2. The summed E-state index contributed by atoms with van der Waals surface area (Å²) < 4.78 is 13.8. The first-order chi connectivity index (χ1) is 9.04. The molecule has 0 spiro atoms. The van der Waals surface area contributed by atoms with Crippen molar-refractivity contribution in [3.63, 3.8) is 0 Å². The highest BCUT2D eigenvalue weighted by Gasteiger charge is 2.06. The summed E-state index contributed by atoms with van der Waals surface area (Å²) in [5, 5.41) is 5.13. The maximum Gasteiger partial charge on any atom is 0.324 e. The fraction of sp³-hybridized carbons (Fsp3) is 0.0769. The largest absolute Gasteiger partial charge is 0.324 e. The van der Waals surface area contributed by atoms with Crippen LogP contribution in [0.3, 0.4) is 0 Å². The lowest BCUT2D eigenvalue weighted by atomic mass is 10.3. The van der Waals surface area contributed by atoms with Gasteiger partial charge in [0.05, 0.1) is 0 Å². The number of rotatable bonds is 2. The first-order valence-electron chi connectivity index (χ1n) is 5.50. The van der Waals surface area contributed by atoms with Crippen molar-refractivity contribution < 1.29 is 9.18 Å². The van der Waals surface area contributed by atoms with Gasteiger partial charge in [-0.3, -0.25) is 5.32 Å². The van der Waals surface area contributed by atoms with Gasteiger partial charge in [0.15, 0.2) is 0 Å². The Labute approximate surface area is 118 Å². The van der Waals surface area contributed by atoms with Gasteiger partial charge < -0.3 is 5.32 Å². The molecule has 1 aromatic heterocycles. The number of aromatic nitrogens is 1. The van der Waals surface area contributed by atoms with Crippen LogP contribution in [-0.4, -0.2) is 11.0 Å². The number of nitrogens with zero attached hydrogens (tertiary/aromatic N) is 1. The molecule has 2 N–H and O–H groups in total. The van der Waals surface area contributed by atoms with E-state index < -0.39 is 11.8 Å². The topological polar surface area (TPSA) is 54.0 Å². The van der Waals surface area contributed by atoms with Crippen molar-refractivity contribution in [2.75, 3.05) is 10.6 Å². The van der Waals surface area contributed by atoms with E-state index >= 15 is 0 Å². The summed E-state index contributed by atoms with van der Waals surface area (Å²) in [5.41, 5.74) is 1.20. The predicted octanol–water partition coefficient (Wildman–Crippen LogP) is 3.94. The first kappa shape index (κ1) is 13.5. The standard InChI is InChI=1S/C13H11BrFN3O/c1-8-5-9(14)7-16-12(8)18-13(19)17-11-4-2-3-10(15)6-11/h2-7H,1H3,(H2,16,17,18,19). The highest BCUT2D eigenvalue weighted by atomic mass is 79.9. The first-order valence-corrected chi connectivity index (χ1v) is 6.29. The molecule has 0 aliphatic carbocycles. The molecular formula is C13H11BrFN3O. The normalized spacial score (nSPS) is 10.1. The predicted molar refractivity (Wildman–Crippen MR) is 75.7 cm³/mol. The lowest BCUT2D eigenvalue weighted by molar-refractivity contribution is 0.262. The molecule has 4 nitrogen and oxygen atoms in total. The van der Waals surface area contributed by atoms with Crippen LogP contribution in [0.1, 0.15) is 5.56 Å². The summed E-state index contributed by atoms with van der Waals surface area (Å²) in [7, 11) is 0. The molecule has 0 radical (unpaired) electrons. The Hall–Kier alpha value is -1.95. The van der Waals surface area contributed by atoms with Gasteiger partial charge in [0.25, 0.3) is 0 Å². The smallest absolute Gasteiger partial charge is 0.308 e. The lowest BCUT2D eigenvalue weighted by Crippen LogP contribution is -2.20. The van der Waals surface area contributed by atoms with Gasteiger partial charge in [-0.1, -0.05) is 6.07 Å². The van der Waals surface area contributed by atoms with E-state index in [1.807, 2.05) is 13.0 Å². The second-order valence-corrected chi connectivity index (χ2v) is 4.82. The minimum absolute atomic E-state index is 0.382. The Morgan fingerprint density at radius 2 is 2.11 bits per heavy atom. The molecule has 0 saturated heterocycles. The maximum absolute atomic E-state index is 13.0. The van der Waals surface area contributed by atoms with Gasteiger partial charge in [-0.25, -0.2) is 14.2 Å². The van der Waals surface area contributed by atoms with Crippen molar-refractivity contribution in [2.24, 2.45) is 0 Å². The number of urea groups is 1. The molecular weight excluding hydrogens is 313 g/mol. The Kier molecular flexibility index (Phi) is 4.11.